The van der Waals surface area contributed by atoms with Gasteiger partial charge in [0.15, 0.2) is 0 Å². The third kappa shape index (κ3) is 2.83. The lowest BCUT2D eigenvalue weighted by Gasteiger charge is -1.91. The molecular formula is C16H12ClNO2. The summed E-state index contributed by atoms with van der Waals surface area (Å²) in [4.78, 5) is 3.98. The number of nitrogens with zero attached hydrogens (tertiary/aromatic N) is 1. The van der Waals surface area contributed by atoms with E-state index in [9.17, 15) is 0 Å². The molecule has 4 rings (SSSR count). The van der Waals surface area contributed by atoms with E-state index in [1.807, 2.05) is 42.5 Å². The monoisotopic (exact) mass is 285 g/mol. The first-order chi connectivity index (χ1) is 9.76. The lowest BCUT2D eigenvalue weighted by molar-refractivity contribution is 0.416. The second-order valence-corrected chi connectivity index (χ2v) is 4.63. The first-order valence-corrected chi connectivity index (χ1v) is 6.50. The van der Waals surface area contributed by atoms with Gasteiger partial charge in [0.05, 0.1) is 7.11 Å². The molecule has 0 saturated heterocycles. The van der Waals surface area contributed by atoms with E-state index < -0.39 is 0 Å². The molecule has 0 amide bonds. The number of benzene rings is 2. The maximum absolute atomic E-state index is 5.53. The molecular weight excluding hydrogens is 274 g/mol. The van der Waals surface area contributed by atoms with Gasteiger partial charge in [0.25, 0.3) is 5.35 Å². The average molecular weight is 286 g/mol. The fourth-order valence-electron chi connectivity index (χ4n) is 1.84. The lowest BCUT2D eigenvalue weighted by Crippen LogP contribution is -1.75. The molecule has 0 N–H and O–H groups in total. The topological polar surface area (TPSA) is 35.3 Å². The largest absolute Gasteiger partial charge is 0.497 e. The van der Waals surface area contributed by atoms with Crippen molar-refractivity contribution in [1.82, 2.24) is 4.98 Å². The molecule has 20 heavy (non-hydrogen) atoms. The van der Waals surface area contributed by atoms with Gasteiger partial charge in [-0.05, 0) is 40.9 Å². The van der Waals surface area contributed by atoms with Crippen LogP contribution in [0.5, 0.6) is 5.75 Å². The predicted molar refractivity (Wildman–Crippen MR) is 78.9 cm³/mol. The number of fused-ring (bicyclic) bond motifs is 1. The molecule has 0 fully saturated rings. The number of halogens is 1. The molecule has 0 spiro atoms. The maximum Gasteiger partial charge on any atom is 0.292 e. The molecule has 1 heterocycles. The minimum Gasteiger partial charge on any atom is -0.497 e. The Morgan fingerprint density at radius 2 is 1.70 bits per heavy atom. The summed E-state index contributed by atoms with van der Waals surface area (Å²) in [7, 11) is 1.69. The number of ether oxygens (including phenoxy) is 1. The number of hydrogen-bond acceptors (Lipinski definition) is 3. The Morgan fingerprint density at radius 3 is 2.20 bits per heavy atom. The minimum absolute atomic E-state index is 0.175. The van der Waals surface area contributed by atoms with Gasteiger partial charge in [-0.15, -0.1) is 0 Å². The molecule has 0 aliphatic heterocycles. The second-order valence-electron chi connectivity index (χ2n) is 4.30. The Balaban J connectivity index is 0.000000131. The van der Waals surface area contributed by atoms with Crippen LogP contribution in [-0.2, 0) is 0 Å². The molecule has 2 aliphatic rings. The van der Waals surface area contributed by atoms with Gasteiger partial charge in [0.1, 0.15) is 17.7 Å². The van der Waals surface area contributed by atoms with Crippen molar-refractivity contribution in [3.8, 4) is 28.1 Å². The zero-order chi connectivity index (χ0) is 13.9. The summed E-state index contributed by atoms with van der Waals surface area (Å²) in [5, 5.41) is 0.175. The van der Waals surface area contributed by atoms with E-state index in [-0.39, 0.29) is 5.35 Å². The Kier molecular flexibility index (Phi) is 3.44. The first-order valence-electron chi connectivity index (χ1n) is 6.12. The minimum atomic E-state index is 0.175. The standard InChI is InChI=1S/C9H6ClNO.C7H6O/c10-9-11-8(6-12-9)7-4-2-1-3-5-7;1-8-7-3-5-2-6(5)4-7/h1-6H;2-4H,1H3. The van der Waals surface area contributed by atoms with Crippen LogP contribution in [0.3, 0.4) is 0 Å². The molecule has 0 unspecified atom stereocenters. The van der Waals surface area contributed by atoms with Gasteiger partial charge >= 0.3 is 0 Å². The fourth-order valence-corrected chi connectivity index (χ4v) is 1.98. The molecule has 3 nitrogen and oxygen atoms in total. The normalized spacial score (nSPS) is 10.5. The molecule has 0 saturated carbocycles. The molecule has 2 aromatic rings. The molecule has 100 valence electrons. The van der Waals surface area contributed by atoms with Crippen LogP contribution >= 0.6 is 11.6 Å². The SMILES string of the molecule is COc1cc2cc-2c1.Clc1nc(-c2ccccc2)co1. The van der Waals surface area contributed by atoms with E-state index in [0.29, 0.717) is 0 Å². The van der Waals surface area contributed by atoms with Crippen molar-refractivity contribution in [2.75, 3.05) is 7.11 Å². The molecule has 0 radical (unpaired) electrons. The van der Waals surface area contributed by atoms with Crippen LogP contribution in [0, 0.1) is 0 Å². The summed E-state index contributed by atoms with van der Waals surface area (Å²) in [6, 6.07) is 15.9. The van der Waals surface area contributed by atoms with Gasteiger partial charge in [-0.25, -0.2) is 0 Å². The highest BCUT2D eigenvalue weighted by Crippen LogP contribution is 2.39. The van der Waals surface area contributed by atoms with Crippen LogP contribution in [0.25, 0.3) is 22.4 Å². The van der Waals surface area contributed by atoms with Crippen LogP contribution < -0.4 is 4.74 Å². The fraction of sp³-hybridized carbons (Fsp3) is 0.0625. The first kappa shape index (κ1) is 12.8. The molecule has 1 aromatic heterocycles. The van der Waals surface area contributed by atoms with Crippen molar-refractivity contribution < 1.29 is 9.15 Å². The number of aromatic nitrogens is 1. The summed E-state index contributed by atoms with van der Waals surface area (Å²) in [5.41, 5.74) is 4.44. The van der Waals surface area contributed by atoms with Gasteiger partial charge in [0.2, 0.25) is 0 Å². The highest BCUT2D eigenvalue weighted by atomic mass is 35.5. The van der Waals surface area contributed by atoms with Crippen LogP contribution in [0.2, 0.25) is 5.35 Å². The van der Waals surface area contributed by atoms with Crippen molar-refractivity contribution in [1.29, 1.82) is 0 Å². The highest BCUT2D eigenvalue weighted by molar-refractivity contribution is 6.27. The Hall–Kier alpha value is -2.26. The van der Waals surface area contributed by atoms with E-state index in [2.05, 4.69) is 11.1 Å². The summed E-state index contributed by atoms with van der Waals surface area (Å²) < 4.78 is 9.83. The third-order valence-corrected chi connectivity index (χ3v) is 3.11. The van der Waals surface area contributed by atoms with Crippen molar-refractivity contribution in [3.05, 3.63) is 60.1 Å². The quantitative estimate of drug-likeness (QED) is 0.537. The molecule has 0 atom stereocenters. The Bertz CT molecular complexity index is 702. The number of hydrogen-bond donors (Lipinski definition) is 0. The van der Waals surface area contributed by atoms with Gasteiger partial charge in [-0.1, -0.05) is 30.3 Å². The van der Waals surface area contributed by atoms with Gasteiger partial charge in [0, 0.05) is 5.56 Å². The summed E-state index contributed by atoms with van der Waals surface area (Å²) in [5.74, 6) is 0.984. The van der Waals surface area contributed by atoms with Crippen LogP contribution in [-0.4, -0.2) is 12.1 Å². The molecule has 1 aromatic carbocycles. The molecule has 4 heteroatoms. The van der Waals surface area contributed by atoms with E-state index >= 15 is 0 Å². The van der Waals surface area contributed by atoms with E-state index in [0.717, 1.165) is 17.0 Å². The van der Waals surface area contributed by atoms with E-state index in [1.165, 1.54) is 17.4 Å². The maximum atomic E-state index is 5.53. The van der Waals surface area contributed by atoms with Gasteiger partial charge in [-0.3, -0.25) is 0 Å². The number of oxazole rings is 1. The van der Waals surface area contributed by atoms with Crippen molar-refractivity contribution >= 4 is 11.6 Å². The van der Waals surface area contributed by atoms with Gasteiger partial charge in [-0.2, -0.15) is 4.98 Å². The van der Waals surface area contributed by atoms with Crippen LogP contribution in [0.4, 0.5) is 0 Å². The van der Waals surface area contributed by atoms with Crippen molar-refractivity contribution in [2.24, 2.45) is 0 Å². The molecule has 0 bridgehead atoms. The second kappa shape index (κ2) is 5.39. The number of rotatable bonds is 2. The smallest absolute Gasteiger partial charge is 0.292 e. The van der Waals surface area contributed by atoms with Crippen LogP contribution in [0.15, 0.2) is 59.2 Å². The number of methoxy groups -OCH3 is 1. The highest BCUT2D eigenvalue weighted by Gasteiger charge is 2.13. The van der Waals surface area contributed by atoms with E-state index in [1.54, 1.807) is 7.11 Å². The lowest BCUT2D eigenvalue weighted by atomic mass is 10.2. The Labute approximate surface area is 121 Å². The van der Waals surface area contributed by atoms with Crippen molar-refractivity contribution in [2.45, 2.75) is 0 Å². The predicted octanol–water partition coefficient (Wildman–Crippen LogP) is 4.67. The van der Waals surface area contributed by atoms with Gasteiger partial charge < -0.3 is 9.15 Å². The zero-order valence-electron chi connectivity index (χ0n) is 10.8. The Morgan fingerprint density at radius 1 is 1.00 bits per heavy atom. The summed E-state index contributed by atoms with van der Waals surface area (Å²) >= 11 is 5.53. The average Bonchev–Trinajstić information content (AvgIpc) is 2.90. The molecule has 2 aliphatic carbocycles. The van der Waals surface area contributed by atoms with Crippen LogP contribution in [0.1, 0.15) is 0 Å². The zero-order valence-corrected chi connectivity index (χ0v) is 11.6. The van der Waals surface area contributed by atoms with E-state index in [4.69, 9.17) is 20.8 Å². The third-order valence-electron chi connectivity index (χ3n) is 2.94. The van der Waals surface area contributed by atoms with Crippen molar-refractivity contribution in [3.63, 3.8) is 0 Å². The summed E-state index contributed by atoms with van der Waals surface area (Å²) in [6.07, 6.45) is 1.54. The summed E-state index contributed by atoms with van der Waals surface area (Å²) in [6.45, 7) is 0.